The molecule has 0 aliphatic carbocycles. The molecule has 0 fully saturated rings. The van der Waals surface area contributed by atoms with Gasteiger partial charge in [0.15, 0.2) is 0 Å². The van der Waals surface area contributed by atoms with E-state index in [-0.39, 0.29) is 12.1 Å². The van der Waals surface area contributed by atoms with E-state index < -0.39 is 0 Å². The van der Waals surface area contributed by atoms with E-state index in [1.807, 2.05) is 0 Å². The zero-order valence-electron chi connectivity index (χ0n) is 23.2. The molecule has 0 saturated carbocycles. The van der Waals surface area contributed by atoms with Crippen LogP contribution in [-0.4, -0.2) is 32.0 Å². The molecule has 0 amide bonds. The van der Waals surface area contributed by atoms with Gasteiger partial charge in [-0.2, -0.15) is 0 Å². The van der Waals surface area contributed by atoms with Gasteiger partial charge in [-0.1, -0.05) is 109 Å². The number of unbranched alkanes of at least 4 members (excludes halogenated alkanes) is 11. The van der Waals surface area contributed by atoms with Crippen molar-refractivity contribution in [1.29, 1.82) is 0 Å². The third-order valence-corrected chi connectivity index (χ3v) is 6.20. The van der Waals surface area contributed by atoms with Crippen molar-refractivity contribution >= 4 is 0 Å². The van der Waals surface area contributed by atoms with Gasteiger partial charge < -0.3 is 15.2 Å². The van der Waals surface area contributed by atoms with Crippen LogP contribution in [0.3, 0.4) is 0 Å². The van der Waals surface area contributed by atoms with E-state index >= 15 is 0 Å². The molecule has 0 aliphatic heterocycles. The second kappa shape index (κ2) is 28.3. The summed E-state index contributed by atoms with van der Waals surface area (Å²) in [5.41, 5.74) is 6.31. The van der Waals surface area contributed by atoms with E-state index in [1.54, 1.807) is 0 Å². The summed E-state index contributed by atoms with van der Waals surface area (Å²) in [5, 5.41) is 0. The molecule has 3 heteroatoms. The molecule has 34 heavy (non-hydrogen) atoms. The maximum atomic E-state index is 6.31. The van der Waals surface area contributed by atoms with E-state index in [4.69, 9.17) is 15.2 Å². The molecule has 200 valence electrons. The fraction of sp³-hybridized carbons (Fsp3) is 0.806. The van der Waals surface area contributed by atoms with Crippen LogP contribution in [0.5, 0.6) is 0 Å². The molecule has 0 aromatic heterocycles. The summed E-state index contributed by atoms with van der Waals surface area (Å²) in [6.07, 6.45) is 34.6. The van der Waals surface area contributed by atoms with Gasteiger partial charge in [0.1, 0.15) is 0 Å². The molecular formula is C31H59NO2. The lowest BCUT2D eigenvalue weighted by Gasteiger charge is -2.23. The summed E-state index contributed by atoms with van der Waals surface area (Å²) in [5.74, 6) is 0. The van der Waals surface area contributed by atoms with Gasteiger partial charge in [0.2, 0.25) is 0 Å². The van der Waals surface area contributed by atoms with Gasteiger partial charge >= 0.3 is 0 Å². The largest absolute Gasteiger partial charge is 0.380 e. The molecule has 0 aromatic carbocycles. The van der Waals surface area contributed by atoms with Crippen LogP contribution in [0.4, 0.5) is 0 Å². The van der Waals surface area contributed by atoms with Gasteiger partial charge in [-0.15, -0.1) is 0 Å². The van der Waals surface area contributed by atoms with Crippen molar-refractivity contribution < 1.29 is 9.47 Å². The molecule has 2 unspecified atom stereocenters. The smallest absolute Gasteiger partial charge is 0.0745 e. The Morgan fingerprint density at radius 2 is 1.09 bits per heavy atom. The van der Waals surface area contributed by atoms with Crippen molar-refractivity contribution in [1.82, 2.24) is 0 Å². The molecule has 3 nitrogen and oxygen atoms in total. The molecule has 0 radical (unpaired) electrons. The Morgan fingerprint density at radius 1 is 0.588 bits per heavy atom. The summed E-state index contributed by atoms with van der Waals surface area (Å²) < 4.78 is 11.9. The SMILES string of the molecule is CCCCC/C=C\C/C=C\C/C=C\CCCCCOCC(N)C(CC)OCCCCCCCC. The highest BCUT2D eigenvalue weighted by Gasteiger charge is 2.16. The first-order valence-electron chi connectivity index (χ1n) is 14.7. The van der Waals surface area contributed by atoms with Gasteiger partial charge in [0.05, 0.1) is 18.8 Å². The first kappa shape index (κ1) is 33.1. The van der Waals surface area contributed by atoms with Gasteiger partial charge in [-0.3, -0.25) is 0 Å². The number of hydrogen-bond acceptors (Lipinski definition) is 3. The van der Waals surface area contributed by atoms with Crippen LogP contribution in [0.2, 0.25) is 0 Å². The summed E-state index contributed by atoms with van der Waals surface area (Å²) >= 11 is 0. The highest BCUT2D eigenvalue weighted by molar-refractivity contribution is 4.97. The number of ether oxygens (including phenoxy) is 2. The Bertz CT molecular complexity index is 472. The molecule has 0 aromatic rings. The van der Waals surface area contributed by atoms with Crippen LogP contribution in [0.25, 0.3) is 0 Å². The number of nitrogens with two attached hydrogens (primary N) is 1. The van der Waals surface area contributed by atoms with E-state index in [0.29, 0.717) is 6.61 Å². The Hall–Kier alpha value is -0.900. The Balaban J connectivity index is 3.53. The average molecular weight is 478 g/mol. The Labute approximate surface area is 213 Å². The van der Waals surface area contributed by atoms with Crippen LogP contribution in [-0.2, 0) is 9.47 Å². The highest BCUT2D eigenvalue weighted by Crippen LogP contribution is 2.09. The lowest BCUT2D eigenvalue weighted by Crippen LogP contribution is -2.40. The van der Waals surface area contributed by atoms with Gasteiger partial charge in [0.25, 0.3) is 0 Å². The van der Waals surface area contributed by atoms with E-state index in [9.17, 15) is 0 Å². The lowest BCUT2D eigenvalue weighted by atomic mass is 10.1. The third-order valence-electron chi connectivity index (χ3n) is 6.20. The summed E-state index contributed by atoms with van der Waals surface area (Å²) in [6.45, 7) is 8.91. The summed E-state index contributed by atoms with van der Waals surface area (Å²) in [6, 6.07) is -0.0161. The topological polar surface area (TPSA) is 44.5 Å². The van der Waals surface area contributed by atoms with Crippen molar-refractivity contribution in [2.75, 3.05) is 19.8 Å². The molecule has 0 saturated heterocycles. The maximum Gasteiger partial charge on any atom is 0.0745 e. The first-order chi connectivity index (χ1) is 16.8. The van der Waals surface area contributed by atoms with Crippen molar-refractivity contribution in [3.05, 3.63) is 36.5 Å². The number of hydrogen-bond donors (Lipinski definition) is 1. The van der Waals surface area contributed by atoms with Crippen LogP contribution in [0.1, 0.15) is 130 Å². The van der Waals surface area contributed by atoms with Crippen molar-refractivity contribution in [3.63, 3.8) is 0 Å². The fourth-order valence-electron chi connectivity index (χ4n) is 3.92. The zero-order valence-corrected chi connectivity index (χ0v) is 23.2. The molecule has 0 bridgehead atoms. The number of rotatable bonds is 26. The highest BCUT2D eigenvalue weighted by atomic mass is 16.5. The van der Waals surface area contributed by atoms with Crippen LogP contribution in [0.15, 0.2) is 36.5 Å². The predicted octanol–water partition coefficient (Wildman–Crippen LogP) is 9.08. The maximum absolute atomic E-state index is 6.31. The Kier molecular flexibility index (Phi) is 27.6. The third kappa shape index (κ3) is 24.2. The van der Waals surface area contributed by atoms with E-state index in [0.717, 1.165) is 51.7 Å². The van der Waals surface area contributed by atoms with Gasteiger partial charge in [-0.05, 0) is 57.8 Å². The monoisotopic (exact) mass is 477 g/mol. The molecule has 0 spiro atoms. The van der Waals surface area contributed by atoms with Crippen molar-refractivity contribution in [3.8, 4) is 0 Å². The fourth-order valence-corrected chi connectivity index (χ4v) is 3.92. The predicted molar refractivity (Wildman–Crippen MR) is 151 cm³/mol. The molecule has 2 atom stereocenters. The lowest BCUT2D eigenvalue weighted by molar-refractivity contribution is 0.00215. The van der Waals surface area contributed by atoms with Gasteiger partial charge in [0, 0.05) is 13.2 Å². The molecule has 0 heterocycles. The quantitative estimate of drug-likeness (QED) is 0.0997. The minimum Gasteiger partial charge on any atom is -0.380 e. The second-order valence-electron chi connectivity index (χ2n) is 9.55. The first-order valence-corrected chi connectivity index (χ1v) is 14.7. The van der Waals surface area contributed by atoms with Crippen LogP contribution in [0, 0.1) is 0 Å². The second-order valence-corrected chi connectivity index (χ2v) is 9.55. The summed E-state index contributed by atoms with van der Waals surface area (Å²) in [7, 11) is 0. The Morgan fingerprint density at radius 3 is 1.74 bits per heavy atom. The van der Waals surface area contributed by atoms with Crippen LogP contribution >= 0.6 is 0 Å². The summed E-state index contributed by atoms with van der Waals surface area (Å²) in [4.78, 5) is 0. The standard InChI is InChI=1S/C31H59NO2/c1-4-7-9-11-13-14-15-16-17-18-19-20-21-22-23-25-27-33-29-30(32)31(6-3)34-28-26-24-12-10-8-5-2/h13-14,16-17,19-20,30-31H,4-12,15,18,21-29,32H2,1-3H3/b14-13-,17-16-,20-19-. The van der Waals surface area contributed by atoms with Crippen molar-refractivity contribution in [2.24, 2.45) is 5.73 Å². The van der Waals surface area contributed by atoms with Crippen LogP contribution < -0.4 is 5.73 Å². The van der Waals surface area contributed by atoms with E-state index in [2.05, 4.69) is 57.2 Å². The zero-order chi connectivity index (χ0) is 25.0. The molecule has 2 N–H and O–H groups in total. The molecular weight excluding hydrogens is 418 g/mol. The minimum atomic E-state index is -0.0161. The minimum absolute atomic E-state index is 0.0161. The average Bonchev–Trinajstić information content (AvgIpc) is 2.85. The molecule has 0 rings (SSSR count). The van der Waals surface area contributed by atoms with E-state index in [1.165, 1.54) is 70.6 Å². The molecule has 0 aliphatic rings. The van der Waals surface area contributed by atoms with Crippen molar-refractivity contribution in [2.45, 2.75) is 142 Å². The normalized spacial score (nSPS) is 14.1. The number of allylic oxidation sites excluding steroid dienone is 6. The van der Waals surface area contributed by atoms with Gasteiger partial charge in [-0.25, -0.2) is 0 Å².